The average Bonchev–Trinajstić information content (AvgIpc) is 2.42. The van der Waals surface area contributed by atoms with Crippen molar-refractivity contribution in [3.05, 3.63) is 11.0 Å². The van der Waals surface area contributed by atoms with Crippen LogP contribution in [-0.2, 0) is 0 Å². The fourth-order valence-electron chi connectivity index (χ4n) is 2.41. The van der Waals surface area contributed by atoms with E-state index in [1.54, 1.807) is 0 Å². The highest BCUT2D eigenvalue weighted by molar-refractivity contribution is 6.28. The molecule has 6 heteroatoms. The predicted molar refractivity (Wildman–Crippen MR) is 79.7 cm³/mol. The van der Waals surface area contributed by atoms with Gasteiger partial charge in [-0.05, 0) is 31.9 Å². The Bertz CT molecular complexity index is 443. The van der Waals surface area contributed by atoms with Crippen molar-refractivity contribution >= 4 is 23.1 Å². The second kappa shape index (κ2) is 5.92. The molecule has 0 spiro atoms. The molecule has 0 saturated carbocycles. The van der Waals surface area contributed by atoms with Gasteiger partial charge in [-0.15, -0.1) is 0 Å². The van der Waals surface area contributed by atoms with Crippen LogP contribution >= 0.6 is 11.6 Å². The van der Waals surface area contributed by atoms with E-state index in [9.17, 15) is 0 Å². The highest BCUT2D eigenvalue weighted by Crippen LogP contribution is 2.25. The van der Waals surface area contributed by atoms with E-state index in [4.69, 9.17) is 17.3 Å². The zero-order chi connectivity index (χ0) is 14.0. The van der Waals surface area contributed by atoms with Crippen LogP contribution in [0.15, 0.2) is 0 Å². The third-order valence-corrected chi connectivity index (χ3v) is 4.09. The van der Waals surface area contributed by atoms with Crippen LogP contribution in [0.5, 0.6) is 0 Å². The summed E-state index contributed by atoms with van der Waals surface area (Å²) in [5.41, 5.74) is 7.45. The molecule has 1 unspecified atom stereocenters. The maximum absolute atomic E-state index is 6.06. The maximum atomic E-state index is 6.06. The Morgan fingerprint density at radius 1 is 1.26 bits per heavy atom. The number of halogens is 1. The van der Waals surface area contributed by atoms with E-state index < -0.39 is 0 Å². The van der Waals surface area contributed by atoms with Crippen LogP contribution < -0.4 is 10.6 Å². The van der Waals surface area contributed by atoms with Gasteiger partial charge in [-0.3, -0.25) is 4.90 Å². The number of nitrogen functional groups attached to an aromatic ring is 1. The average molecular weight is 284 g/mol. The van der Waals surface area contributed by atoms with Gasteiger partial charge >= 0.3 is 0 Å². The van der Waals surface area contributed by atoms with Gasteiger partial charge in [0.15, 0.2) is 5.82 Å². The van der Waals surface area contributed by atoms with E-state index >= 15 is 0 Å². The largest absolute Gasteiger partial charge is 0.394 e. The van der Waals surface area contributed by atoms with Crippen molar-refractivity contribution < 1.29 is 0 Å². The lowest BCUT2D eigenvalue weighted by molar-refractivity contribution is 0.192. The van der Waals surface area contributed by atoms with Crippen molar-refractivity contribution in [1.29, 1.82) is 0 Å². The monoisotopic (exact) mass is 283 g/mol. The van der Waals surface area contributed by atoms with Crippen molar-refractivity contribution in [3.63, 3.8) is 0 Å². The zero-order valence-electron chi connectivity index (χ0n) is 11.9. The Labute approximate surface area is 119 Å². The summed E-state index contributed by atoms with van der Waals surface area (Å²) in [5, 5.41) is 0.269. The molecule has 0 aliphatic carbocycles. The van der Waals surface area contributed by atoms with E-state index in [0.717, 1.165) is 37.7 Å². The number of nitrogens with two attached hydrogens (primary N) is 1. The summed E-state index contributed by atoms with van der Waals surface area (Å²) in [6.45, 7) is 10.3. The van der Waals surface area contributed by atoms with Crippen LogP contribution in [-0.4, -0.2) is 47.1 Å². The fraction of sp³-hybridized carbons (Fsp3) is 0.692. The molecule has 5 nitrogen and oxygen atoms in total. The van der Waals surface area contributed by atoms with Crippen molar-refractivity contribution in [2.45, 2.75) is 33.2 Å². The summed E-state index contributed by atoms with van der Waals surface area (Å²) >= 11 is 5.93. The molecule has 2 N–H and O–H groups in total. The molecule has 0 radical (unpaired) electrons. The Balaban J connectivity index is 2.10. The standard InChI is InChI=1S/C13H22ClN5/c1-4-9(2)18-5-7-19(8-6-18)12-11(15)10(3)16-13(14)17-12/h9H,4-8,15H2,1-3H3. The molecule has 0 amide bonds. The zero-order valence-corrected chi connectivity index (χ0v) is 12.6. The van der Waals surface area contributed by atoms with E-state index in [-0.39, 0.29) is 5.28 Å². The Hall–Kier alpha value is -1.07. The van der Waals surface area contributed by atoms with Gasteiger partial charge in [0.1, 0.15) is 0 Å². The van der Waals surface area contributed by atoms with Crippen molar-refractivity contribution in [2.24, 2.45) is 0 Å². The van der Waals surface area contributed by atoms with Crippen LogP contribution in [0.4, 0.5) is 11.5 Å². The molecule has 0 aromatic carbocycles. The summed E-state index contributed by atoms with van der Waals surface area (Å²) in [5.74, 6) is 0.779. The van der Waals surface area contributed by atoms with Gasteiger partial charge in [-0.2, -0.15) is 4.98 Å². The van der Waals surface area contributed by atoms with Gasteiger partial charge in [0.05, 0.1) is 11.4 Å². The molecule has 1 aliphatic rings. The number of rotatable bonds is 3. The lowest BCUT2D eigenvalue weighted by atomic mass is 10.2. The number of anilines is 2. The van der Waals surface area contributed by atoms with Crippen molar-refractivity contribution in [1.82, 2.24) is 14.9 Å². The lowest BCUT2D eigenvalue weighted by Gasteiger charge is -2.38. The molecule has 2 rings (SSSR count). The number of hydrogen-bond acceptors (Lipinski definition) is 5. The Morgan fingerprint density at radius 3 is 2.47 bits per heavy atom. The molecular formula is C13H22ClN5. The van der Waals surface area contributed by atoms with Gasteiger partial charge in [0, 0.05) is 32.2 Å². The van der Waals surface area contributed by atoms with Crippen LogP contribution in [0, 0.1) is 6.92 Å². The van der Waals surface area contributed by atoms with Crippen LogP contribution in [0.2, 0.25) is 5.28 Å². The molecule has 19 heavy (non-hydrogen) atoms. The van der Waals surface area contributed by atoms with E-state index in [2.05, 4.69) is 33.6 Å². The number of aryl methyl sites for hydroxylation is 1. The summed E-state index contributed by atoms with van der Waals surface area (Å²) in [7, 11) is 0. The van der Waals surface area contributed by atoms with Crippen LogP contribution in [0.25, 0.3) is 0 Å². The third-order valence-electron chi connectivity index (χ3n) is 3.92. The maximum Gasteiger partial charge on any atom is 0.224 e. The van der Waals surface area contributed by atoms with Crippen LogP contribution in [0.1, 0.15) is 26.0 Å². The Morgan fingerprint density at radius 2 is 1.89 bits per heavy atom. The first kappa shape index (κ1) is 14.3. The van der Waals surface area contributed by atoms with E-state index in [1.807, 2.05) is 6.92 Å². The predicted octanol–water partition coefficient (Wildman–Crippen LogP) is 1.94. The number of nitrogens with zero attached hydrogens (tertiary/aromatic N) is 4. The fourth-order valence-corrected chi connectivity index (χ4v) is 2.61. The summed E-state index contributed by atoms with van der Waals surface area (Å²) < 4.78 is 0. The van der Waals surface area contributed by atoms with E-state index in [1.165, 1.54) is 6.42 Å². The van der Waals surface area contributed by atoms with Gasteiger partial charge in [0.2, 0.25) is 5.28 Å². The summed E-state index contributed by atoms with van der Waals surface area (Å²) in [4.78, 5) is 13.1. The molecule has 1 aromatic heterocycles. The normalized spacial score (nSPS) is 18.6. The smallest absolute Gasteiger partial charge is 0.224 e. The molecule has 106 valence electrons. The minimum absolute atomic E-state index is 0.269. The molecule has 1 atom stereocenters. The molecule has 1 aromatic rings. The highest BCUT2D eigenvalue weighted by atomic mass is 35.5. The summed E-state index contributed by atoms with van der Waals surface area (Å²) in [6.07, 6.45) is 1.18. The van der Waals surface area contributed by atoms with Gasteiger partial charge in [0.25, 0.3) is 0 Å². The SMILES string of the molecule is CCC(C)N1CCN(c2nc(Cl)nc(C)c2N)CC1. The number of aromatic nitrogens is 2. The molecule has 2 heterocycles. The quantitative estimate of drug-likeness (QED) is 0.859. The lowest BCUT2D eigenvalue weighted by Crippen LogP contribution is -2.50. The second-order valence-electron chi connectivity index (χ2n) is 5.10. The summed E-state index contributed by atoms with van der Waals surface area (Å²) in [6, 6.07) is 0.634. The molecule has 1 saturated heterocycles. The highest BCUT2D eigenvalue weighted by Gasteiger charge is 2.23. The molecule has 1 aliphatic heterocycles. The van der Waals surface area contributed by atoms with E-state index in [0.29, 0.717) is 11.7 Å². The number of hydrogen-bond donors (Lipinski definition) is 1. The molecule has 0 bridgehead atoms. The van der Waals surface area contributed by atoms with Gasteiger partial charge < -0.3 is 10.6 Å². The van der Waals surface area contributed by atoms with Gasteiger partial charge in [-0.1, -0.05) is 6.92 Å². The topological polar surface area (TPSA) is 58.3 Å². The van der Waals surface area contributed by atoms with Gasteiger partial charge in [-0.25, -0.2) is 4.98 Å². The minimum Gasteiger partial charge on any atom is -0.394 e. The van der Waals surface area contributed by atoms with Crippen molar-refractivity contribution in [2.75, 3.05) is 36.8 Å². The molecular weight excluding hydrogens is 262 g/mol. The Kier molecular flexibility index (Phi) is 4.47. The van der Waals surface area contributed by atoms with Crippen molar-refractivity contribution in [3.8, 4) is 0 Å². The second-order valence-corrected chi connectivity index (χ2v) is 5.43. The first-order valence-electron chi connectivity index (χ1n) is 6.81. The first-order chi connectivity index (χ1) is 9.02. The minimum atomic E-state index is 0.269. The third kappa shape index (κ3) is 3.09. The molecule has 1 fully saturated rings. The number of piperazine rings is 1. The first-order valence-corrected chi connectivity index (χ1v) is 7.19. The van der Waals surface area contributed by atoms with Crippen LogP contribution in [0.3, 0.4) is 0 Å².